The van der Waals surface area contributed by atoms with Gasteiger partial charge < -0.3 is 10.5 Å². The zero-order chi connectivity index (χ0) is 13.0. The lowest BCUT2D eigenvalue weighted by Crippen LogP contribution is -2.18. The van der Waals surface area contributed by atoms with Crippen molar-refractivity contribution >= 4 is 17.0 Å². The summed E-state index contributed by atoms with van der Waals surface area (Å²) in [6.07, 6.45) is 0. The van der Waals surface area contributed by atoms with E-state index in [9.17, 15) is 0 Å². The largest absolute Gasteiger partial charge is 0.497 e. The van der Waals surface area contributed by atoms with Gasteiger partial charge in [-0.15, -0.1) is 11.3 Å². The van der Waals surface area contributed by atoms with E-state index in [2.05, 4.69) is 22.3 Å². The Hall–Kier alpha value is -1.59. The van der Waals surface area contributed by atoms with Crippen LogP contribution >= 0.6 is 11.3 Å². The number of benzene rings is 1. The Morgan fingerprint density at radius 3 is 2.83 bits per heavy atom. The van der Waals surface area contributed by atoms with Gasteiger partial charge in [-0.25, -0.2) is 4.98 Å². The molecule has 1 aromatic heterocycles. The molecule has 96 valence electrons. The molecule has 4 nitrogen and oxygen atoms in total. The number of anilines is 1. The number of nitrogens with two attached hydrogens (primary N) is 1. The molecule has 0 fully saturated rings. The number of hydrogen-bond acceptors (Lipinski definition) is 5. The molecule has 0 atom stereocenters. The van der Waals surface area contributed by atoms with Crippen molar-refractivity contribution in [1.82, 2.24) is 9.88 Å². The number of rotatable bonds is 5. The maximum atomic E-state index is 6.00. The van der Waals surface area contributed by atoms with E-state index >= 15 is 0 Å². The van der Waals surface area contributed by atoms with Gasteiger partial charge in [0.1, 0.15) is 5.75 Å². The van der Waals surface area contributed by atoms with Crippen LogP contribution < -0.4 is 10.5 Å². The number of ether oxygens (including phenoxy) is 1. The lowest BCUT2D eigenvalue weighted by molar-refractivity contribution is 0.316. The van der Waals surface area contributed by atoms with E-state index in [1.165, 1.54) is 0 Å². The van der Waals surface area contributed by atoms with Gasteiger partial charge in [0.2, 0.25) is 0 Å². The molecule has 0 amide bonds. The summed E-state index contributed by atoms with van der Waals surface area (Å²) < 4.78 is 5.14. The van der Waals surface area contributed by atoms with E-state index in [0.717, 1.165) is 35.8 Å². The summed E-state index contributed by atoms with van der Waals surface area (Å²) >= 11 is 1.62. The Kier molecular flexibility index (Phi) is 4.17. The molecule has 2 aromatic rings. The highest BCUT2D eigenvalue weighted by atomic mass is 32.1. The third kappa shape index (κ3) is 3.21. The summed E-state index contributed by atoms with van der Waals surface area (Å²) in [6.45, 7) is 1.63. The second-order valence-corrected chi connectivity index (χ2v) is 4.94. The van der Waals surface area contributed by atoms with Gasteiger partial charge in [0.25, 0.3) is 0 Å². The third-order valence-electron chi connectivity index (χ3n) is 2.71. The molecule has 2 rings (SSSR count). The topological polar surface area (TPSA) is 51.4 Å². The number of hydrogen-bond donors (Lipinski definition) is 1. The smallest absolute Gasteiger partial charge is 0.120 e. The van der Waals surface area contributed by atoms with Crippen molar-refractivity contribution in [3.63, 3.8) is 0 Å². The summed E-state index contributed by atoms with van der Waals surface area (Å²) in [7, 11) is 3.70. The molecule has 0 radical (unpaired) electrons. The first-order chi connectivity index (χ1) is 8.69. The molecule has 2 N–H and O–H groups in total. The van der Waals surface area contributed by atoms with Gasteiger partial charge >= 0.3 is 0 Å². The number of methoxy groups -OCH3 is 1. The van der Waals surface area contributed by atoms with E-state index in [0.29, 0.717) is 0 Å². The molecular weight excluding hydrogens is 246 g/mol. The summed E-state index contributed by atoms with van der Waals surface area (Å²) in [5.41, 5.74) is 10.8. The van der Waals surface area contributed by atoms with Crippen molar-refractivity contribution in [3.05, 3.63) is 40.3 Å². The van der Waals surface area contributed by atoms with Crippen LogP contribution in [-0.4, -0.2) is 24.0 Å². The second-order valence-electron chi connectivity index (χ2n) is 4.22. The highest BCUT2D eigenvalue weighted by Gasteiger charge is 2.06. The molecule has 0 bridgehead atoms. The Morgan fingerprint density at radius 1 is 1.39 bits per heavy atom. The average molecular weight is 263 g/mol. The predicted molar refractivity (Wildman–Crippen MR) is 74.7 cm³/mol. The van der Waals surface area contributed by atoms with E-state index in [-0.39, 0.29) is 0 Å². The lowest BCUT2D eigenvalue weighted by atomic mass is 10.1. The highest BCUT2D eigenvalue weighted by Crippen LogP contribution is 2.21. The first-order valence-electron chi connectivity index (χ1n) is 5.67. The van der Waals surface area contributed by atoms with Crippen molar-refractivity contribution in [3.8, 4) is 5.75 Å². The van der Waals surface area contributed by atoms with Gasteiger partial charge in [-0.3, -0.25) is 4.90 Å². The number of nitrogen functional groups attached to an aromatic ring is 1. The zero-order valence-corrected chi connectivity index (χ0v) is 11.4. The Morgan fingerprint density at radius 2 is 2.22 bits per heavy atom. The molecule has 1 heterocycles. The molecule has 5 heteroatoms. The van der Waals surface area contributed by atoms with Gasteiger partial charge in [-0.2, -0.15) is 0 Å². The fraction of sp³-hybridized carbons (Fsp3) is 0.308. The first kappa shape index (κ1) is 12.9. The van der Waals surface area contributed by atoms with Crippen molar-refractivity contribution < 1.29 is 4.74 Å². The van der Waals surface area contributed by atoms with Crippen molar-refractivity contribution in [1.29, 1.82) is 0 Å². The van der Waals surface area contributed by atoms with Gasteiger partial charge in [0.05, 0.1) is 18.3 Å². The summed E-state index contributed by atoms with van der Waals surface area (Å²) in [6, 6.07) is 5.79. The Labute approximate surface area is 111 Å². The van der Waals surface area contributed by atoms with Crippen molar-refractivity contribution in [2.24, 2.45) is 0 Å². The van der Waals surface area contributed by atoms with E-state index in [1.54, 1.807) is 18.4 Å². The second kappa shape index (κ2) is 5.84. The van der Waals surface area contributed by atoms with Gasteiger partial charge in [-0.1, -0.05) is 6.07 Å². The molecule has 0 saturated heterocycles. The fourth-order valence-corrected chi connectivity index (χ4v) is 2.33. The maximum absolute atomic E-state index is 6.00. The molecule has 0 aliphatic rings. The van der Waals surface area contributed by atoms with Crippen LogP contribution in [0.5, 0.6) is 5.75 Å². The number of nitrogens with zero attached hydrogens (tertiary/aromatic N) is 2. The minimum Gasteiger partial charge on any atom is -0.497 e. The standard InChI is InChI=1S/C13H17N3OS/c1-16(7-11-8-18-9-15-11)6-10-3-4-12(17-2)5-13(10)14/h3-5,8-9H,6-7,14H2,1-2H3. The molecule has 18 heavy (non-hydrogen) atoms. The minimum atomic E-state index is 0.763. The monoisotopic (exact) mass is 263 g/mol. The summed E-state index contributed by atoms with van der Waals surface area (Å²) in [4.78, 5) is 6.46. The lowest BCUT2D eigenvalue weighted by Gasteiger charge is -2.17. The quantitative estimate of drug-likeness (QED) is 0.841. The number of thiazole rings is 1. The van der Waals surface area contributed by atoms with Crippen LogP contribution in [0.4, 0.5) is 5.69 Å². The third-order valence-corrected chi connectivity index (χ3v) is 3.34. The molecule has 0 aliphatic carbocycles. The van der Waals surface area contributed by atoms with Crippen molar-refractivity contribution in [2.75, 3.05) is 19.9 Å². The first-order valence-corrected chi connectivity index (χ1v) is 6.61. The van der Waals surface area contributed by atoms with Crippen LogP contribution in [0.25, 0.3) is 0 Å². The van der Waals surface area contributed by atoms with Gasteiger partial charge in [-0.05, 0) is 18.7 Å². The molecule has 0 unspecified atom stereocenters. The van der Waals surface area contributed by atoms with Gasteiger partial charge in [0, 0.05) is 30.2 Å². The Bertz CT molecular complexity index is 499. The van der Waals surface area contributed by atoms with E-state index in [4.69, 9.17) is 10.5 Å². The average Bonchev–Trinajstić information content (AvgIpc) is 2.84. The Balaban J connectivity index is 2.00. The zero-order valence-electron chi connectivity index (χ0n) is 10.6. The number of aromatic nitrogens is 1. The van der Waals surface area contributed by atoms with Crippen LogP contribution in [0.3, 0.4) is 0 Å². The summed E-state index contributed by atoms with van der Waals surface area (Å²) in [5, 5.41) is 2.06. The minimum absolute atomic E-state index is 0.763. The van der Waals surface area contributed by atoms with Gasteiger partial charge in [0.15, 0.2) is 0 Å². The molecular formula is C13H17N3OS. The van der Waals surface area contributed by atoms with Crippen LogP contribution in [0, 0.1) is 0 Å². The van der Waals surface area contributed by atoms with Crippen LogP contribution in [-0.2, 0) is 13.1 Å². The van der Waals surface area contributed by atoms with Crippen LogP contribution in [0.1, 0.15) is 11.3 Å². The molecule has 0 saturated carbocycles. The molecule has 0 aliphatic heterocycles. The molecule has 1 aromatic carbocycles. The predicted octanol–water partition coefficient (Wildman–Crippen LogP) is 2.37. The van der Waals surface area contributed by atoms with Crippen LogP contribution in [0.15, 0.2) is 29.1 Å². The SMILES string of the molecule is COc1ccc(CN(C)Cc2cscn2)c(N)c1. The van der Waals surface area contributed by atoms with Crippen LogP contribution in [0.2, 0.25) is 0 Å². The van der Waals surface area contributed by atoms with E-state index < -0.39 is 0 Å². The highest BCUT2D eigenvalue weighted by molar-refractivity contribution is 7.07. The maximum Gasteiger partial charge on any atom is 0.120 e. The van der Waals surface area contributed by atoms with Crippen molar-refractivity contribution in [2.45, 2.75) is 13.1 Å². The van der Waals surface area contributed by atoms with E-state index in [1.807, 2.05) is 23.7 Å². The summed E-state index contributed by atoms with van der Waals surface area (Å²) in [5.74, 6) is 0.790. The fourth-order valence-electron chi connectivity index (χ4n) is 1.78. The normalized spacial score (nSPS) is 10.8. The molecule has 0 spiro atoms.